The molecule has 0 rings (SSSR count). The number of ether oxygens (including phenoxy) is 2. The number of hydrogen-bond donors (Lipinski definition) is 0. The van der Waals surface area contributed by atoms with Crippen LogP contribution in [0.15, 0.2) is 12.3 Å². The topological polar surface area (TPSA) is 35.5 Å². The lowest BCUT2D eigenvalue weighted by Crippen LogP contribution is -1.97. The predicted octanol–water partition coefficient (Wildman–Crippen LogP) is 6.56. The number of carbonyl (C=O) groups excluding carboxylic acids is 1. The van der Waals surface area contributed by atoms with Gasteiger partial charge in [-0.15, -0.1) is 0 Å². The van der Waals surface area contributed by atoms with Crippen LogP contribution >= 0.6 is 0 Å². The number of unbranched alkanes of at least 4 members (excludes halogenated alkanes) is 13. The zero-order chi connectivity index (χ0) is 17.6. The molecule has 0 aromatic heterocycles. The van der Waals surface area contributed by atoms with Crippen LogP contribution in [0.2, 0.25) is 0 Å². The number of carbonyl (C=O) groups is 1. The molecule has 24 heavy (non-hydrogen) atoms. The fraction of sp³-hybridized carbons (Fsp3) is 0.857. The summed E-state index contributed by atoms with van der Waals surface area (Å²) < 4.78 is 10.7. The average molecular weight is 341 g/mol. The van der Waals surface area contributed by atoms with Gasteiger partial charge in [0.15, 0.2) is 6.79 Å². The monoisotopic (exact) mass is 340 g/mol. The van der Waals surface area contributed by atoms with Gasteiger partial charge >= 0.3 is 0 Å². The molecule has 0 aliphatic heterocycles. The fourth-order valence-electron chi connectivity index (χ4n) is 2.64. The molecule has 0 heterocycles. The van der Waals surface area contributed by atoms with Gasteiger partial charge in [-0.05, 0) is 31.8 Å². The second-order valence-corrected chi connectivity index (χ2v) is 6.55. The van der Waals surface area contributed by atoms with Crippen LogP contribution in [0.4, 0.5) is 0 Å². The number of allylic oxidation sites excluding steroid dienone is 1. The Hall–Kier alpha value is -0.830. The Morgan fingerprint density at radius 2 is 1.29 bits per heavy atom. The summed E-state index contributed by atoms with van der Waals surface area (Å²) in [6, 6.07) is 0. The Morgan fingerprint density at radius 3 is 1.92 bits per heavy atom. The van der Waals surface area contributed by atoms with E-state index in [2.05, 4.69) is 13.0 Å². The Kier molecular flexibility index (Phi) is 21.4. The summed E-state index contributed by atoms with van der Waals surface area (Å²) >= 11 is 0. The largest absolute Gasteiger partial charge is 0.475 e. The molecule has 0 saturated heterocycles. The molecule has 0 radical (unpaired) electrons. The van der Waals surface area contributed by atoms with Gasteiger partial charge in [-0.1, -0.05) is 71.1 Å². The Morgan fingerprint density at radius 1 is 0.708 bits per heavy atom. The summed E-state index contributed by atoms with van der Waals surface area (Å²) in [6.45, 7) is 3.41. The molecule has 0 aromatic carbocycles. The third-order valence-electron chi connectivity index (χ3n) is 4.18. The quantitative estimate of drug-likeness (QED) is 0.109. The number of hydrogen-bond acceptors (Lipinski definition) is 3. The molecule has 0 N–H and O–H groups in total. The van der Waals surface area contributed by atoms with E-state index in [9.17, 15) is 4.79 Å². The maximum atomic E-state index is 10.2. The van der Waals surface area contributed by atoms with Crippen LogP contribution in [0, 0.1) is 0 Å². The van der Waals surface area contributed by atoms with Gasteiger partial charge in [-0.2, -0.15) is 0 Å². The molecule has 0 spiro atoms. The molecule has 0 aliphatic carbocycles. The summed E-state index contributed by atoms with van der Waals surface area (Å²) in [4.78, 5) is 10.2. The lowest BCUT2D eigenvalue weighted by Gasteiger charge is -2.03. The molecular formula is C21H40O3. The van der Waals surface area contributed by atoms with Crippen molar-refractivity contribution in [3.05, 3.63) is 12.3 Å². The smallest absolute Gasteiger partial charge is 0.188 e. The van der Waals surface area contributed by atoms with Gasteiger partial charge in [0.2, 0.25) is 0 Å². The van der Waals surface area contributed by atoms with Crippen LogP contribution in [0.1, 0.15) is 103 Å². The molecule has 0 unspecified atom stereocenters. The van der Waals surface area contributed by atoms with E-state index in [-0.39, 0.29) is 0 Å². The highest BCUT2D eigenvalue weighted by Crippen LogP contribution is 2.11. The Bertz CT molecular complexity index is 264. The highest BCUT2D eigenvalue weighted by Gasteiger charge is 1.92. The molecule has 0 bridgehead atoms. The van der Waals surface area contributed by atoms with Gasteiger partial charge in [-0.25, -0.2) is 0 Å². The van der Waals surface area contributed by atoms with Gasteiger partial charge in [0, 0.05) is 6.42 Å². The Labute approximate surface area is 150 Å². The van der Waals surface area contributed by atoms with Crippen LogP contribution in [0.25, 0.3) is 0 Å². The van der Waals surface area contributed by atoms with E-state index in [1.54, 1.807) is 6.26 Å². The first-order chi connectivity index (χ1) is 11.9. The minimum Gasteiger partial charge on any atom is -0.475 e. The van der Waals surface area contributed by atoms with Gasteiger partial charge in [-0.3, -0.25) is 0 Å². The summed E-state index contributed by atoms with van der Waals surface area (Å²) in [6.07, 6.45) is 23.2. The Balaban J connectivity index is 3.04. The standard InChI is InChI=1S/C21H40O3/c1-2-3-4-16-19-23-21-24-20-17-14-12-10-8-6-5-7-9-11-13-15-18-22/h17-18,20H,2-16,19,21H2,1H3. The van der Waals surface area contributed by atoms with E-state index in [4.69, 9.17) is 9.47 Å². The highest BCUT2D eigenvalue weighted by molar-refractivity contribution is 5.48. The van der Waals surface area contributed by atoms with Crippen molar-refractivity contribution in [2.45, 2.75) is 103 Å². The van der Waals surface area contributed by atoms with Crippen molar-refractivity contribution in [2.24, 2.45) is 0 Å². The highest BCUT2D eigenvalue weighted by atomic mass is 16.7. The van der Waals surface area contributed by atoms with Crippen LogP contribution in [-0.2, 0) is 14.3 Å². The van der Waals surface area contributed by atoms with Crippen molar-refractivity contribution in [3.8, 4) is 0 Å². The second-order valence-electron chi connectivity index (χ2n) is 6.55. The molecule has 0 aromatic rings. The third kappa shape index (κ3) is 21.2. The lowest BCUT2D eigenvalue weighted by atomic mass is 10.1. The molecule has 3 nitrogen and oxygen atoms in total. The minimum atomic E-state index is 0.384. The first kappa shape index (κ1) is 23.2. The summed E-state index contributed by atoms with van der Waals surface area (Å²) in [5.41, 5.74) is 0. The first-order valence-corrected chi connectivity index (χ1v) is 10.2. The molecule has 142 valence electrons. The van der Waals surface area contributed by atoms with Crippen LogP contribution < -0.4 is 0 Å². The van der Waals surface area contributed by atoms with E-state index < -0.39 is 0 Å². The predicted molar refractivity (Wildman–Crippen MR) is 102 cm³/mol. The zero-order valence-electron chi connectivity index (χ0n) is 16.0. The van der Waals surface area contributed by atoms with Crippen molar-refractivity contribution >= 4 is 6.29 Å². The summed E-state index contributed by atoms with van der Waals surface area (Å²) in [5.74, 6) is 0. The van der Waals surface area contributed by atoms with Crippen molar-refractivity contribution < 1.29 is 14.3 Å². The van der Waals surface area contributed by atoms with E-state index in [1.165, 1.54) is 70.6 Å². The zero-order valence-corrected chi connectivity index (χ0v) is 16.0. The van der Waals surface area contributed by atoms with Crippen molar-refractivity contribution in [3.63, 3.8) is 0 Å². The third-order valence-corrected chi connectivity index (χ3v) is 4.18. The molecule has 0 amide bonds. The summed E-state index contributed by atoms with van der Waals surface area (Å²) in [7, 11) is 0. The van der Waals surface area contributed by atoms with Crippen molar-refractivity contribution in [1.29, 1.82) is 0 Å². The maximum absolute atomic E-state index is 10.2. The van der Waals surface area contributed by atoms with E-state index in [0.717, 1.165) is 38.6 Å². The minimum absolute atomic E-state index is 0.384. The van der Waals surface area contributed by atoms with E-state index in [1.807, 2.05) is 0 Å². The summed E-state index contributed by atoms with van der Waals surface area (Å²) in [5, 5.41) is 0. The molecule has 3 heteroatoms. The maximum Gasteiger partial charge on any atom is 0.188 e. The molecule has 0 atom stereocenters. The first-order valence-electron chi connectivity index (χ1n) is 10.2. The SMILES string of the molecule is CCCCCCOCOC=CCCCCCCCCCCCC=O. The average Bonchev–Trinajstić information content (AvgIpc) is 2.60. The van der Waals surface area contributed by atoms with E-state index >= 15 is 0 Å². The van der Waals surface area contributed by atoms with Gasteiger partial charge in [0.1, 0.15) is 6.29 Å². The molecule has 0 aliphatic rings. The van der Waals surface area contributed by atoms with Crippen molar-refractivity contribution in [1.82, 2.24) is 0 Å². The van der Waals surface area contributed by atoms with Gasteiger partial charge in [0.05, 0.1) is 12.9 Å². The molecule has 0 saturated carbocycles. The van der Waals surface area contributed by atoms with Gasteiger partial charge in [0.25, 0.3) is 0 Å². The number of aldehydes is 1. The van der Waals surface area contributed by atoms with Crippen LogP contribution in [-0.4, -0.2) is 19.7 Å². The fourth-order valence-corrected chi connectivity index (χ4v) is 2.64. The van der Waals surface area contributed by atoms with Gasteiger partial charge < -0.3 is 14.3 Å². The van der Waals surface area contributed by atoms with E-state index in [0.29, 0.717) is 6.79 Å². The normalized spacial score (nSPS) is 11.2. The molecule has 0 fully saturated rings. The van der Waals surface area contributed by atoms with Crippen LogP contribution in [0.5, 0.6) is 0 Å². The molecular weight excluding hydrogens is 300 g/mol. The van der Waals surface area contributed by atoms with Crippen LogP contribution in [0.3, 0.4) is 0 Å². The number of rotatable bonds is 20. The lowest BCUT2D eigenvalue weighted by molar-refractivity contribution is -0.107. The second kappa shape index (κ2) is 22.2. The van der Waals surface area contributed by atoms with Crippen molar-refractivity contribution in [2.75, 3.05) is 13.4 Å².